The van der Waals surface area contributed by atoms with Gasteiger partial charge in [-0.15, -0.1) is 0 Å². The Morgan fingerprint density at radius 1 is 1.15 bits per heavy atom. The summed E-state index contributed by atoms with van der Waals surface area (Å²) in [6, 6.07) is 8.16. The Balaban J connectivity index is 1.50. The summed E-state index contributed by atoms with van der Waals surface area (Å²) in [7, 11) is 0. The Bertz CT molecular complexity index is 813. The minimum absolute atomic E-state index is 0.0390. The van der Waals surface area contributed by atoms with Gasteiger partial charge in [-0.1, -0.05) is 18.2 Å². The molecule has 0 unspecified atom stereocenters. The number of rotatable bonds is 5. The normalized spacial score (nSPS) is 22.8. The molecule has 1 heterocycles. The maximum atomic E-state index is 14.3. The second-order valence-electron chi connectivity index (χ2n) is 7.39. The number of nitrogens with zero attached hydrogens (tertiary/aromatic N) is 2. The largest absolute Gasteiger partial charge is 0.369 e. The van der Waals surface area contributed by atoms with Gasteiger partial charge in [-0.25, -0.2) is 14.4 Å². The average molecular weight is 354 g/mol. The van der Waals surface area contributed by atoms with Crippen LogP contribution in [0.15, 0.2) is 30.5 Å². The highest BCUT2D eigenvalue weighted by atomic mass is 19.1. The van der Waals surface area contributed by atoms with E-state index in [4.69, 9.17) is 5.73 Å². The van der Waals surface area contributed by atoms with Crippen molar-refractivity contribution in [2.24, 2.45) is 11.7 Å². The van der Waals surface area contributed by atoms with Crippen LogP contribution in [0, 0.1) is 11.7 Å². The van der Waals surface area contributed by atoms with Crippen molar-refractivity contribution in [1.82, 2.24) is 9.97 Å². The molecular weight excluding hydrogens is 331 g/mol. The zero-order valence-corrected chi connectivity index (χ0v) is 14.6. The molecule has 0 aliphatic heterocycles. The zero-order valence-electron chi connectivity index (χ0n) is 14.6. The molecule has 1 aromatic heterocycles. The van der Waals surface area contributed by atoms with Gasteiger partial charge in [0, 0.05) is 17.5 Å². The van der Waals surface area contributed by atoms with Gasteiger partial charge in [0.1, 0.15) is 5.69 Å². The predicted octanol–water partition coefficient (Wildman–Crippen LogP) is 3.62. The Hall–Kier alpha value is -2.50. The fourth-order valence-electron chi connectivity index (χ4n) is 3.70. The standard InChI is InChI=1S/C20H23FN4O/c21-17-11-23-20(24-16-8-6-13(7-9-16)19(22)26)25-18(17)15-3-1-2-14(10-15)12-4-5-12/h1-3,10-13,16H,4-9H2,(H2,22,26)(H,23,24,25). The minimum atomic E-state index is -0.416. The van der Waals surface area contributed by atoms with Gasteiger partial charge in [0.15, 0.2) is 5.82 Å². The lowest BCUT2D eigenvalue weighted by molar-refractivity contribution is -0.122. The van der Waals surface area contributed by atoms with Crippen molar-refractivity contribution in [2.75, 3.05) is 5.32 Å². The summed E-state index contributed by atoms with van der Waals surface area (Å²) >= 11 is 0. The number of carbonyl (C=O) groups excluding carboxylic acids is 1. The lowest BCUT2D eigenvalue weighted by atomic mass is 9.86. The number of hydrogen-bond acceptors (Lipinski definition) is 4. The first-order valence-electron chi connectivity index (χ1n) is 9.29. The lowest BCUT2D eigenvalue weighted by Gasteiger charge is -2.27. The lowest BCUT2D eigenvalue weighted by Crippen LogP contribution is -2.32. The van der Waals surface area contributed by atoms with Crippen molar-refractivity contribution in [1.29, 1.82) is 0 Å². The monoisotopic (exact) mass is 354 g/mol. The minimum Gasteiger partial charge on any atom is -0.369 e. The van der Waals surface area contributed by atoms with Gasteiger partial charge in [0.05, 0.1) is 6.20 Å². The van der Waals surface area contributed by atoms with Crippen LogP contribution in [0.2, 0.25) is 0 Å². The molecule has 0 saturated heterocycles. The molecule has 2 aliphatic rings. The number of aromatic nitrogens is 2. The topological polar surface area (TPSA) is 80.9 Å². The maximum absolute atomic E-state index is 14.3. The Kier molecular flexibility index (Phi) is 4.57. The van der Waals surface area contributed by atoms with Crippen molar-refractivity contribution in [3.05, 3.63) is 41.8 Å². The highest BCUT2D eigenvalue weighted by molar-refractivity contribution is 5.76. The summed E-state index contributed by atoms with van der Waals surface area (Å²) in [5.74, 6) is 0.363. The number of halogens is 1. The fourth-order valence-corrected chi connectivity index (χ4v) is 3.70. The molecule has 1 amide bonds. The number of hydrogen-bond donors (Lipinski definition) is 2. The molecule has 4 rings (SSSR count). The smallest absolute Gasteiger partial charge is 0.223 e. The van der Waals surface area contributed by atoms with Crippen LogP contribution >= 0.6 is 0 Å². The van der Waals surface area contributed by atoms with Crippen molar-refractivity contribution in [2.45, 2.75) is 50.5 Å². The first-order valence-corrected chi connectivity index (χ1v) is 9.29. The molecular formula is C20H23FN4O. The number of carbonyl (C=O) groups is 1. The molecule has 136 valence electrons. The second-order valence-corrected chi connectivity index (χ2v) is 7.39. The van der Waals surface area contributed by atoms with Crippen LogP contribution in [0.3, 0.4) is 0 Å². The molecule has 0 radical (unpaired) electrons. The van der Waals surface area contributed by atoms with Crippen molar-refractivity contribution in [3.63, 3.8) is 0 Å². The van der Waals surface area contributed by atoms with E-state index in [-0.39, 0.29) is 17.9 Å². The molecule has 5 nitrogen and oxygen atoms in total. The van der Waals surface area contributed by atoms with Crippen molar-refractivity contribution >= 4 is 11.9 Å². The molecule has 26 heavy (non-hydrogen) atoms. The number of primary amides is 1. The van der Waals surface area contributed by atoms with Crippen LogP contribution in [-0.4, -0.2) is 21.9 Å². The van der Waals surface area contributed by atoms with E-state index < -0.39 is 5.82 Å². The number of benzene rings is 1. The van der Waals surface area contributed by atoms with E-state index in [0.717, 1.165) is 31.2 Å². The highest BCUT2D eigenvalue weighted by Crippen LogP contribution is 2.41. The average Bonchev–Trinajstić information content (AvgIpc) is 3.49. The molecule has 6 heteroatoms. The van der Waals surface area contributed by atoms with E-state index in [2.05, 4.69) is 21.4 Å². The third-order valence-electron chi connectivity index (χ3n) is 5.42. The van der Waals surface area contributed by atoms with E-state index in [1.807, 2.05) is 18.2 Å². The van der Waals surface area contributed by atoms with E-state index in [9.17, 15) is 9.18 Å². The van der Waals surface area contributed by atoms with Gasteiger partial charge in [-0.3, -0.25) is 4.79 Å². The van der Waals surface area contributed by atoms with Gasteiger partial charge in [-0.2, -0.15) is 0 Å². The van der Waals surface area contributed by atoms with Crippen molar-refractivity contribution in [3.8, 4) is 11.3 Å². The third kappa shape index (κ3) is 3.69. The van der Waals surface area contributed by atoms with Crippen LogP contribution in [0.4, 0.5) is 10.3 Å². The number of nitrogens with one attached hydrogen (secondary N) is 1. The van der Waals surface area contributed by atoms with Gasteiger partial charge in [0.2, 0.25) is 11.9 Å². The molecule has 0 bridgehead atoms. The molecule has 2 aliphatic carbocycles. The molecule has 0 atom stereocenters. The zero-order chi connectivity index (χ0) is 18.1. The van der Waals surface area contributed by atoms with Gasteiger partial charge in [-0.05, 0) is 56.1 Å². The molecule has 2 fully saturated rings. The molecule has 2 saturated carbocycles. The SMILES string of the molecule is NC(=O)C1CCC(Nc2ncc(F)c(-c3cccc(C4CC4)c3)n2)CC1. The quantitative estimate of drug-likeness (QED) is 0.859. The fraction of sp³-hybridized carbons (Fsp3) is 0.450. The van der Waals surface area contributed by atoms with E-state index in [1.54, 1.807) is 0 Å². The first kappa shape index (κ1) is 16.9. The Labute approximate surface area is 152 Å². The van der Waals surface area contributed by atoms with Crippen LogP contribution in [-0.2, 0) is 4.79 Å². The Morgan fingerprint density at radius 3 is 2.62 bits per heavy atom. The number of nitrogens with two attached hydrogens (primary N) is 1. The number of amides is 1. The summed E-state index contributed by atoms with van der Waals surface area (Å²) in [5, 5.41) is 3.29. The molecule has 1 aromatic carbocycles. The van der Waals surface area contributed by atoms with Crippen molar-refractivity contribution < 1.29 is 9.18 Å². The molecule has 2 aromatic rings. The van der Waals surface area contributed by atoms with Gasteiger partial charge in [0.25, 0.3) is 0 Å². The Morgan fingerprint density at radius 2 is 1.92 bits per heavy atom. The third-order valence-corrected chi connectivity index (χ3v) is 5.42. The first-order chi connectivity index (χ1) is 12.6. The van der Waals surface area contributed by atoms with Crippen LogP contribution < -0.4 is 11.1 Å². The summed E-state index contributed by atoms with van der Waals surface area (Å²) in [6.45, 7) is 0. The van der Waals surface area contributed by atoms with Gasteiger partial charge < -0.3 is 11.1 Å². The maximum Gasteiger partial charge on any atom is 0.223 e. The molecule has 3 N–H and O–H groups in total. The van der Waals surface area contributed by atoms with Crippen LogP contribution in [0.25, 0.3) is 11.3 Å². The van der Waals surface area contributed by atoms with Gasteiger partial charge >= 0.3 is 0 Å². The van der Waals surface area contributed by atoms with E-state index >= 15 is 0 Å². The van der Waals surface area contributed by atoms with Crippen LogP contribution in [0.5, 0.6) is 0 Å². The second kappa shape index (κ2) is 7.02. The predicted molar refractivity (Wildman–Crippen MR) is 98.0 cm³/mol. The molecule has 0 spiro atoms. The van der Waals surface area contributed by atoms with E-state index in [1.165, 1.54) is 24.6 Å². The highest BCUT2D eigenvalue weighted by Gasteiger charge is 2.26. The van der Waals surface area contributed by atoms with Crippen LogP contribution in [0.1, 0.15) is 50.0 Å². The van der Waals surface area contributed by atoms with E-state index in [0.29, 0.717) is 17.6 Å². The number of anilines is 1. The summed E-state index contributed by atoms with van der Waals surface area (Å²) in [4.78, 5) is 19.8. The summed E-state index contributed by atoms with van der Waals surface area (Å²) in [5.41, 5.74) is 7.74. The summed E-state index contributed by atoms with van der Waals surface area (Å²) in [6.07, 6.45) is 6.84. The summed E-state index contributed by atoms with van der Waals surface area (Å²) < 4.78 is 14.3.